The van der Waals surface area contributed by atoms with Gasteiger partial charge in [0.15, 0.2) is 0 Å². The van der Waals surface area contributed by atoms with Gasteiger partial charge in [0.05, 0.1) is 6.04 Å². The molecule has 0 spiro atoms. The van der Waals surface area contributed by atoms with E-state index in [1.54, 1.807) is 52.2 Å². The van der Waals surface area contributed by atoms with Crippen LogP contribution in [0.4, 0.5) is 23.7 Å². The summed E-state index contributed by atoms with van der Waals surface area (Å²) >= 11 is 0. The first-order chi connectivity index (χ1) is 17.2. The predicted octanol–water partition coefficient (Wildman–Crippen LogP) is 5.25. The minimum absolute atomic E-state index is 0.251. The maximum atomic E-state index is 12.9. The van der Waals surface area contributed by atoms with Gasteiger partial charge in [0.1, 0.15) is 5.60 Å². The highest BCUT2D eigenvalue weighted by Crippen LogP contribution is 2.33. The van der Waals surface area contributed by atoms with Crippen molar-refractivity contribution in [3.63, 3.8) is 0 Å². The number of aromatic nitrogens is 1. The van der Waals surface area contributed by atoms with Crippen molar-refractivity contribution in [1.29, 1.82) is 0 Å². The fraction of sp³-hybridized carbons (Fsp3) is 0.462. The van der Waals surface area contributed by atoms with Crippen molar-refractivity contribution in [2.45, 2.75) is 71.3 Å². The number of alkyl halides is 3. The van der Waals surface area contributed by atoms with Crippen molar-refractivity contribution < 1.29 is 32.3 Å². The Kier molecular flexibility index (Phi) is 8.45. The molecule has 1 aromatic heterocycles. The fourth-order valence-electron chi connectivity index (χ4n) is 3.92. The van der Waals surface area contributed by atoms with E-state index in [4.69, 9.17) is 4.74 Å². The number of amides is 3. The Bertz CT molecular complexity index is 1160. The zero-order chi connectivity index (χ0) is 27.4. The summed E-state index contributed by atoms with van der Waals surface area (Å²) < 4.78 is 43.1. The molecule has 11 heteroatoms. The lowest BCUT2D eigenvalue weighted by molar-refractivity contribution is -0.173. The molecular formula is C26H31F3N4O4. The van der Waals surface area contributed by atoms with Crippen LogP contribution in [0.1, 0.15) is 64.1 Å². The third kappa shape index (κ3) is 7.93. The van der Waals surface area contributed by atoms with Crippen LogP contribution in [0.5, 0.6) is 0 Å². The number of carbonyl (C=O) groups excluding carboxylic acids is 3. The zero-order valence-electron chi connectivity index (χ0n) is 21.2. The normalized spacial score (nSPS) is 18.4. The first-order valence-corrected chi connectivity index (χ1v) is 12.0. The Balaban J connectivity index is 1.96. The lowest BCUT2D eigenvalue weighted by Crippen LogP contribution is -2.36. The number of pyridine rings is 1. The molecule has 3 N–H and O–H groups in total. The molecular weight excluding hydrogens is 489 g/mol. The molecule has 1 aliphatic heterocycles. The lowest BCUT2D eigenvalue weighted by atomic mass is 9.94. The van der Waals surface area contributed by atoms with Gasteiger partial charge in [0.25, 0.3) is 0 Å². The zero-order valence-corrected chi connectivity index (χ0v) is 21.2. The van der Waals surface area contributed by atoms with Crippen molar-refractivity contribution in [2.75, 3.05) is 5.32 Å². The molecule has 200 valence electrons. The number of ether oxygens (including phenoxy) is 1. The van der Waals surface area contributed by atoms with E-state index >= 15 is 0 Å². The first-order valence-electron chi connectivity index (χ1n) is 12.0. The molecule has 3 amide bonds. The topological polar surface area (TPSA) is 109 Å². The molecule has 8 nitrogen and oxygen atoms in total. The van der Waals surface area contributed by atoms with Gasteiger partial charge in [-0.2, -0.15) is 13.2 Å². The number of nitrogens with one attached hydrogen (secondary N) is 3. The van der Waals surface area contributed by atoms with Crippen LogP contribution in [0, 0.1) is 5.92 Å². The maximum absolute atomic E-state index is 12.9. The van der Waals surface area contributed by atoms with Crippen LogP contribution < -0.4 is 16.0 Å². The van der Waals surface area contributed by atoms with E-state index in [0.717, 1.165) is 5.56 Å². The van der Waals surface area contributed by atoms with Crippen molar-refractivity contribution in [3.8, 4) is 11.1 Å². The monoisotopic (exact) mass is 520 g/mol. The fourth-order valence-corrected chi connectivity index (χ4v) is 3.92. The summed E-state index contributed by atoms with van der Waals surface area (Å²) in [6.07, 6.45) is -0.563. The van der Waals surface area contributed by atoms with Crippen LogP contribution in [0.2, 0.25) is 0 Å². The first kappa shape index (κ1) is 27.9. The molecule has 0 saturated heterocycles. The number of carbonyl (C=O) groups is 3. The second-order valence-electron chi connectivity index (χ2n) is 10.1. The lowest BCUT2D eigenvalue weighted by Gasteiger charge is -2.25. The molecule has 2 aromatic rings. The van der Waals surface area contributed by atoms with Gasteiger partial charge in [0.2, 0.25) is 5.91 Å². The van der Waals surface area contributed by atoms with E-state index in [1.165, 1.54) is 6.07 Å². The molecule has 2 atom stereocenters. The molecule has 3 rings (SSSR count). The Morgan fingerprint density at radius 1 is 1.14 bits per heavy atom. The molecule has 37 heavy (non-hydrogen) atoms. The van der Waals surface area contributed by atoms with Crippen LogP contribution in [0.3, 0.4) is 0 Å². The number of hydrogen-bond donors (Lipinski definition) is 3. The average molecular weight is 521 g/mol. The largest absolute Gasteiger partial charge is 0.471 e. The quantitative estimate of drug-likeness (QED) is 0.512. The minimum Gasteiger partial charge on any atom is -0.444 e. The van der Waals surface area contributed by atoms with E-state index in [9.17, 15) is 27.6 Å². The van der Waals surface area contributed by atoms with Gasteiger partial charge in [-0.1, -0.05) is 25.5 Å². The molecule has 0 fully saturated rings. The van der Waals surface area contributed by atoms with Gasteiger partial charge in [-0.25, -0.2) is 4.79 Å². The van der Waals surface area contributed by atoms with E-state index in [0.29, 0.717) is 41.6 Å². The van der Waals surface area contributed by atoms with Crippen molar-refractivity contribution in [2.24, 2.45) is 5.92 Å². The number of alkyl carbamates (subject to hydrolysis) is 1. The van der Waals surface area contributed by atoms with Gasteiger partial charge < -0.3 is 20.7 Å². The summed E-state index contributed by atoms with van der Waals surface area (Å²) in [6, 6.07) is 6.19. The molecule has 0 saturated carbocycles. The van der Waals surface area contributed by atoms with Crippen molar-refractivity contribution in [3.05, 3.63) is 47.8 Å². The Hall–Kier alpha value is -3.63. The molecule has 1 aromatic carbocycles. The van der Waals surface area contributed by atoms with Crippen LogP contribution in [0.25, 0.3) is 11.1 Å². The highest BCUT2D eigenvalue weighted by molar-refractivity contribution is 5.96. The standard InChI is InChI=1S/C26H31F3N4O4/c1-15-6-5-7-20(33-24(36)37-25(2,3)4)18-11-17(13-30-14-18)19-9-8-16(10-21(19)32-22(15)34)12-31-23(35)26(27,28)29/h8-11,13-15,20H,5-7,12H2,1-4H3,(H,31,35)(H,32,34)(H,33,36). The number of hydrogen-bond acceptors (Lipinski definition) is 5. The van der Waals surface area contributed by atoms with Crippen LogP contribution >= 0.6 is 0 Å². The Morgan fingerprint density at radius 3 is 2.54 bits per heavy atom. The SMILES string of the molecule is CC1CCCC(NC(=O)OC(C)(C)C)c2cncc(c2)-c2ccc(CNC(=O)C(F)(F)F)cc2NC1=O. The number of fused-ring (bicyclic) bond motifs is 4. The Morgan fingerprint density at radius 2 is 1.86 bits per heavy atom. The summed E-state index contributed by atoms with van der Waals surface area (Å²) in [4.78, 5) is 41.0. The number of nitrogens with zero attached hydrogens (tertiary/aromatic N) is 1. The maximum Gasteiger partial charge on any atom is 0.471 e. The van der Waals surface area contributed by atoms with Crippen LogP contribution in [-0.4, -0.2) is 34.7 Å². The molecule has 0 radical (unpaired) electrons. The highest BCUT2D eigenvalue weighted by Gasteiger charge is 2.38. The smallest absolute Gasteiger partial charge is 0.444 e. The summed E-state index contributed by atoms with van der Waals surface area (Å²) in [5.74, 6) is -2.66. The van der Waals surface area contributed by atoms with E-state index in [-0.39, 0.29) is 18.4 Å². The van der Waals surface area contributed by atoms with E-state index in [2.05, 4.69) is 15.6 Å². The molecule has 2 unspecified atom stereocenters. The second kappa shape index (κ2) is 11.2. The molecule has 2 heterocycles. The predicted molar refractivity (Wildman–Crippen MR) is 131 cm³/mol. The van der Waals surface area contributed by atoms with Gasteiger partial charge >= 0.3 is 18.2 Å². The second-order valence-corrected chi connectivity index (χ2v) is 10.1. The summed E-state index contributed by atoms with van der Waals surface area (Å²) in [5.41, 5.74) is 2.07. The molecule has 1 aliphatic rings. The third-order valence-corrected chi connectivity index (χ3v) is 5.79. The van der Waals surface area contributed by atoms with Crippen molar-refractivity contribution in [1.82, 2.24) is 15.6 Å². The molecule has 2 bridgehead atoms. The molecule has 0 aliphatic carbocycles. The summed E-state index contributed by atoms with van der Waals surface area (Å²) in [5, 5.41) is 7.61. The van der Waals surface area contributed by atoms with Gasteiger partial charge in [0, 0.05) is 41.7 Å². The van der Waals surface area contributed by atoms with Crippen LogP contribution in [0.15, 0.2) is 36.7 Å². The highest BCUT2D eigenvalue weighted by atomic mass is 19.4. The number of rotatable bonds is 3. The van der Waals surface area contributed by atoms with Gasteiger partial charge in [-0.05, 0) is 56.9 Å². The number of anilines is 1. The number of halogens is 3. The number of benzene rings is 1. The third-order valence-electron chi connectivity index (χ3n) is 5.79. The minimum atomic E-state index is -4.99. The average Bonchev–Trinajstić information content (AvgIpc) is 2.79. The summed E-state index contributed by atoms with van der Waals surface area (Å²) in [7, 11) is 0. The van der Waals surface area contributed by atoms with Crippen LogP contribution in [-0.2, 0) is 20.9 Å². The van der Waals surface area contributed by atoms with E-state index < -0.39 is 29.8 Å². The van der Waals surface area contributed by atoms with E-state index in [1.807, 2.05) is 11.4 Å². The Labute approximate surface area is 213 Å². The van der Waals surface area contributed by atoms with Crippen molar-refractivity contribution >= 4 is 23.6 Å². The van der Waals surface area contributed by atoms with Gasteiger partial charge in [-0.3, -0.25) is 14.6 Å². The summed E-state index contributed by atoms with van der Waals surface area (Å²) in [6.45, 7) is 6.74. The van der Waals surface area contributed by atoms with Gasteiger partial charge in [-0.15, -0.1) is 0 Å².